The van der Waals surface area contributed by atoms with E-state index in [-0.39, 0.29) is 6.42 Å². The van der Waals surface area contributed by atoms with Gasteiger partial charge in [0.1, 0.15) is 6.04 Å². The van der Waals surface area contributed by atoms with Crippen molar-refractivity contribution < 1.29 is 19.5 Å². The Labute approximate surface area is 169 Å². The van der Waals surface area contributed by atoms with Gasteiger partial charge in [0.15, 0.2) is 5.60 Å². The highest BCUT2D eigenvalue weighted by atomic mass is 16.3. The molecule has 7 heteroatoms. The van der Waals surface area contributed by atoms with Crippen molar-refractivity contribution in [1.82, 2.24) is 10.6 Å². The van der Waals surface area contributed by atoms with E-state index in [2.05, 4.69) is 16.0 Å². The zero-order valence-corrected chi connectivity index (χ0v) is 16.3. The van der Waals surface area contributed by atoms with Crippen molar-refractivity contribution in [1.29, 1.82) is 0 Å². The molecule has 1 heterocycles. The summed E-state index contributed by atoms with van der Waals surface area (Å²) in [4.78, 5) is 37.9. The molecule has 2 unspecified atom stereocenters. The van der Waals surface area contributed by atoms with E-state index >= 15 is 0 Å². The third-order valence-electron chi connectivity index (χ3n) is 4.98. The van der Waals surface area contributed by atoms with Gasteiger partial charge in [-0.3, -0.25) is 14.4 Å². The molecule has 2 aromatic carbocycles. The van der Waals surface area contributed by atoms with Crippen molar-refractivity contribution >= 4 is 23.4 Å². The summed E-state index contributed by atoms with van der Waals surface area (Å²) in [6.07, 6.45) is 1.42. The maximum Gasteiger partial charge on any atom is 0.261 e. The number of aliphatic hydroxyl groups is 1. The number of carbonyl (C=O) groups is 3. The fourth-order valence-electron chi connectivity index (χ4n) is 3.35. The van der Waals surface area contributed by atoms with E-state index in [0.717, 1.165) is 12.8 Å². The zero-order valence-electron chi connectivity index (χ0n) is 16.3. The lowest BCUT2D eigenvalue weighted by molar-refractivity contribution is -0.136. The quantitative estimate of drug-likeness (QED) is 0.512. The Morgan fingerprint density at radius 1 is 1.10 bits per heavy atom. The second-order valence-electron chi connectivity index (χ2n) is 7.10. The first-order chi connectivity index (χ1) is 14.0. The predicted molar refractivity (Wildman–Crippen MR) is 109 cm³/mol. The van der Waals surface area contributed by atoms with Gasteiger partial charge in [-0.05, 0) is 24.6 Å². The average molecular weight is 395 g/mol. The first-order valence-corrected chi connectivity index (χ1v) is 9.72. The molecule has 7 nitrogen and oxygen atoms in total. The molecule has 0 fully saturated rings. The molecule has 0 saturated heterocycles. The van der Waals surface area contributed by atoms with Crippen LogP contribution in [0.2, 0.25) is 0 Å². The van der Waals surface area contributed by atoms with Gasteiger partial charge in [-0.1, -0.05) is 49.7 Å². The maximum absolute atomic E-state index is 12.8. The van der Waals surface area contributed by atoms with Crippen LogP contribution < -0.4 is 16.0 Å². The molecule has 4 N–H and O–H groups in total. The minimum Gasteiger partial charge on any atom is -0.375 e. The van der Waals surface area contributed by atoms with E-state index in [1.165, 1.54) is 0 Å². The van der Waals surface area contributed by atoms with Gasteiger partial charge in [0, 0.05) is 29.8 Å². The van der Waals surface area contributed by atoms with Crippen LogP contribution >= 0.6 is 0 Å². The third kappa shape index (κ3) is 4.46. The van der Waals surface area contributed by atoms with Crippen LogP contribution in [0.15, 0.2) is 54.6 Å². The lowest BCUT2D eigenvalue weighted by Gasteiger charge is -2.27. The van der Waals surface area contributed by atoms with Crippen LogP contribution in [0, 0.1) is 0 Å². The van der Waals surface area contributed by atoms with Gasteiger partial charge in [0.2, 0.25) is 5.91 Å². The van der Waals surface area contributed by atoms with Gasteiger partial charge in [-0.25, -0.2) is 0 Å². The van der Waals surface area contributed by atoms with E-state index in [9.17, 15) is 19.5 Å². The molecule has 0 saturated carbocycles. The number of rotatable bonds is 8. The van der Waals surface area contributed by atoms with Crippen LogP contribution in [0.1, 0.15) is 42.1 Å². The van der Waals surface area contributed by atoms with E-state index in [1.807, 2.05) is 6.92 Å². The average Bonchev–Trinajstić information content (AvgIpc) is 2.98. The summed E-state index contributed by atoms with van der Waals surface area (Å²) in [7, 11) is 0. The Kier molecular flexibility index (Phi) is 6.29. The predicted octanol–water partition coefficient (Wildman–Crippen LogP) is 1.93. The molecule has 0 aliphatic carbocycles. The molecular formula is C22H25N3O4. The molecule has 0 bridgehead atoms. The number of fused-ring (bicyclic) bond motifs is 1. The van der Waals surface area contributed by atoms with Crippen molar-refractivity contribution in [3.05, 3.63) is 65.7 Å². The van der Waals surface area contributed by atoms with E-state index in [4.69, 9.17) is 0 Å². The smallest absolute Gasteiger partial charge is 0.261 e. The Morgan fingerprint density at radius 2 is 1.79 bits per heavy atom. The molecule has 2 atom stereocenters. The highest BCUT2D eigenvalue weighted by Crippen LogP contribution is 2.38. The standard InChI is InChI=1S/C22H25N3O4/c1-2-3-13-23-20(27)18(24-19(26)15-9-5-4-6-10-15)14-22(29)16-11-7-8-12-17(16)25-21(22)28/h4-12,18,29H,2-3,13-14H2,1H3,(H,23,27)(H,24,26)(H,25,28). The molecule has 29 heavy (non-hydrogen) atoms. The second kappa shape index (κ2) is 8.87. The van der Waals surface area contributed by atoms with Gasteiger partial charge < -0.3 is 21.1 Å². The van der Waals surface area contributed by atoms with Crippen LogP contribution in [-0.4, -0.2) is 35.4 Å². The summed E-state index contributed by atoms with van der Waals surface area (Å²) in [6.45, 7) is 2.46. The van der Waals surface area contributed by atoms with Crippen LogP contribution in [0.5, 0.6) is 0 Å². The zero-order chi connectivity index (χ0) is 20.9. The van der Waals surface area contributed by atoms with Crippen LogP contribution in [0.25, 0.3) is 0 Å². The van der Waals surface area contributed by atoms with Crippen LogP contribution in [0.3, 0.4) is 0 Å². The first-order valence-electron chi connectivity index (χ1n) is 9.72. The number of carbonyl (C=O) groups excluding carboxylic acids is 3. The van der Waals surface area contributed by atoms with Crippen molar-refractivity contribution in [2.45, 2.75) is 37.8 Å². The number of hydrogen-bond donors (Lipinski definition) is 4. The molecule has 0 aromatic heterocycles. The lowest BCUT2D eigenvalue weighted by Crippen LogP contribution is -2.51. The number of amides is 3. The fraction of sp³-hybridized carbons (Fsp3) is 0.318. The molecule has 3 amide bonds. The minimum absolute atomic E-state index is 0.271. The monoisotopic (exact) mass is 395 g/mol. The molecule has 1 aliphatic heterocycles. The summed E-state index contributed by atoms with van der Waals surface area (Å²) in [5, 5.41) is 19.2. The molecule has 2 aromatic rings. The highest BCUT2D eigenvalue weighted by Gasteiger charge is 2.47. The molecule has 1 aliphatic rings. The number of para-hydroxylation sites is 1. The number of hydrogen-bond acceptors (Lipinski definition) is 4. The highest BCUT2D eigenvalue weighted by molar-refractivity contribution is 6.05. The maximum atomic E-state index is 12.8. The number of anilines is 1. The Balaban J connectivity index is 1.84. The number of nitrogens with one attached hydrogen (secondary N) is 3. The van der Waals surface area contributed by atoms with Crippen molar-refractivity contribution in [2.75, 3.05) is 11.9 Å². The third-order valence-corrected chi connectivity index (χ3v) is 4.98. The molecule has 3 rings (SSSR count). The van der Waals surface area contributed by atoms with Gasteiger partial charge in [0.25, 0.3) is 11.8 Å². The normalized spacial score (nSPS) is 18.5. The summed E-state index contributed by atoms with van der Waals surface area (Å²) in [6, 6.07) is 14.2. The lowest BCUT2D eigenvalue weighted by atomic mass is 9.88. The summed E-state index contributed by atoms with van der Waals surface area (Å²) < 4.78 is 0. The Hall–Kier alpha value is -3.19. The summed E-state index contributed by atoms with van der Waals surface area (Å²) >= 11 is 0. The van der Waals surface area contributed by atoms with E-state index in [1.54, 1.807) is 54.6 Å². The van der Waals surface area contributed by atoms with Crippen LogP contribution in [-0.2, 0) is 15.2 Å². The SMILES string of the molecule is CCCCNC(=O)C(CC1(O)C(=O)Nc2ccccc21)NC(=O)c1ccccc1. The molecule has 0 radical (unpaired) electrons. The van der Waals surface area contributed by atoms with E-state index in [0.29, 0.717) is 23.4 Å². The Morgan fingerprint density at radius 3 is 2.52 bits per heavy atom. The van der Waals surface area contributed by atoms with E-state index < -0.39 is 29.4 Å². The summed E-state index contributed by atoms with van der Waals surface area (Å²) in [5.41, 5.74) is -0.625. The molecular weight excluding hydrogens is 370 g/mol. The van der Waals surface area contributed by atoms with Gasteiger partial charge in [0.05, 0.1) is 0 Å². The second-order valence-corrected chi connectivity index (χ2v) is 7.10. The largest absolute Gasteiger partial charge is 0.375 e. The molecule has 152 valence electrons. The Bertz CT molecular complexity index is 900. The van der Waals surface area contributed by atoms with Crippen molar-refractivity contribution in [3.8, 4) is 0 Å². The van der Waals surface area contributed by atoms with Gasteiger partial charge in [-0.2, -0.15) is 0 Å². The van der Waals surface area contributed by atoms with Gasteiger partial charge >= 0.3 is 0 Å². The molecule has 0 spiro atoms. The minimum atomic E-state index is -1.91. The van der Waals surface area contributed by atoms with Gasteiger partial charge in [-0.15, -0.1) is 0 Å². The van der Waals surface area contributed by atoms with Crippen LogP contribution in [0.4, 0.5) is 5.69 Å². The number of benzene rings is 2. The topological polar surface area (TPSA) is 108 Å². The van der Waals surface area contributed by atoms with Crippen molar-refractivity contribution in [3.63, 3.8) is 0 Å². The first kappa shape index (κ1) is 20.5. The van der Waals surface area contributed by atoms with Crippen molar-refractivity contribution in [2.24, 2.45) is 0 Å². The summed E-state index contributed by atoms with van der Waals surface area (Å²) in [5.74, 6) is -1.50. The number of unbranched alkanes of at least 4 members (excludes halogenated alkanes) is 1. The fourth-order valence-corrected chi connectivity index (χ4v) is 3.35.